The van der Waals surface area contributed by atoms with Crippen LogP contribution in [0, 0.1) is 0 Å². The highest BCUT2D eigenvalue weighted by molar-refractivity contribution is 5.93. The van der Waals surface area contributed by atoms with Crippen LogP contribution in [0.4, 0.5) is 0 Å². The number of methoxy groups -OCH3 is 1. The Balaban J connectivity index is 2.37. The highest BCUT2D eigenvalue weighted by Gasteiger charge is 2.07. The van der Waals surface area contributed by atoms with Crippen molar-refractivity contribution >= 4 is 5.91 Å². The summed E-state index contributed by atoms with van der Waals surface area (Å²) in [4.78, 5) is 16.6. The Labute approximate surface area is 89.1 Å². The smallest absolute Gasteiger partial charge is 0.274 e. The number of hydroxylamine groups is 1. The van der Waals surface area contributed by atoms with E-state index < -0.39 is 0 Å². The Kier molecular flexibility index (Phi) is 4.80. The molecule has 0 radical (unpaired) electrons. The van der Waals surface area contributed by atoms with Gasteiger partial charge in [-0.2, -0.15) is 0 Å². The second-order valence-corrected chi connectivity index (χ2v) is 3.18. The molecule has 15 heavy (non-hydrogen) atoms. The standard InChI is InChI=1S/C11H15NO3/c1-9(8-14-2)15-12-11(13)10-6-4-3-5-7-10/h3-7,9H,8H2,1-2H3,(H,12,13). The van der Waals surface area contributed by atoms with E-state index in [2.05, 4.69) is 5.48 Å². The molecule has 0 saturated heterocycles. The van der Waals surface area contributed by atoms with Gasteiger partial charge >= 0.3 is 0 Å². The van der Waals surface area contributed by atoms with Crippen LogP contribution in [0.25, 0.3) is 0 Å². The van der Waals surface area contributed by atoms with E-state index >= 15 is 0 Å². The Morgan fingerprint density at radius 3 is 2.67 bits per heavy atom. The lowest BCUT2D eigenvalue weighted by molar-refractivity contribution is -0.0391. The first kappa shape index (κ1) is 11.7. The normalized spacial score (nSPS) is 12.1. The van der Waals surface area contributed by atoms with Crippen molar-refractivity contribution in [2.45, 2.75) is 13.0 Å². The molecule has 0 aliphatic carbocycles. The molecule has 0 spiro atoms. The van der Waals surface area contributed by atoms with Gasteiger partial charge in [0.05, 0.1) is 6.61 Å². The number of carbonyl (C=O) groups excluding carboxylic acids is 1. The fourth-order valence-electron chi connectivity index (χ4n) is 1.07. The zero-order valence-electron chi connectivity index (χ0n) is 8.90. The fourth-order valence-corrected chi connectivity index (χ4v) is 1.07. The summed E-state index contributed by atoms with van der Waals surface area (Å²) in [5.74, 6) is -0.251. The topological polar surface area (TPSA) is 47.6 Å². The zero-order chi connectivity index (χ0) is 11.1. The summed E-state index contributed by atoms with van der Waals surface area (Å²) in [6.07, 6.45) is -0.164. The van der Waals surface area contributed by atoms with Crippen molar-refractivity contribution < 1.29 is 14.4 Å². The van der Waals surface area contributed by atoms with Gasteiger partial charge in [-0.25, -0.2) is 5.48 Å². The van der Waals surface area contributed by atoms with Crippen LogP contribution in [0.15, 0.2) is 30.3 Å². The minimum atomic E-state index is -0.251. The Morgan fingerprint density at radius 1 is 1.40 bits per heavy atom. The molecular weight excluding hydrogens is 194 g/mol. The van der Waals surface area contributed by atoms with E-state index in [9.17, 15) is 4.79 Å². The van der Waals surface area contributed by atoms with Crippen LogP contribution in [0.3, 0.4) is 0 Å². The number of nitrogens with one attached hydrogen (secondary N) is 1. The van der Waals surface area contributed by atoms with E-state index in [4.69, 9.17) is 9.57 Å². The van der Waals surface area contributed by atoms with Crippen LogP contribution in [-0.2, 0) is 9.57 Å². The van der Waals surface area contributed by atoms with Crippen molar-refractivity contribution in [1.29, 1.82) is 0 Å². The quantitative estimate of drug-likeness (QED) is 0.745. The third-order valence-electron chi connectivity index (χ3n) is 1.79. The van der Waals surface area contributed by atoms with Crippen LogP contribution >= 0.6 is 0 Å². The molecule has 4 heteroatoms. The summed E-state index contributed by atoms with van der Waals surface area (Å²) in [5.41, 5.74) is 2.94. The van der Waals surface area contributed by atoms with E-state index in [1.165, 1.54) is 0 Å². The molecular formula is C11H15NO3. The summed E-state index contributed by atoms with van der Waals surface area (Å²) < 4.78 is 4.87. The first-order chi connectivity index (χ1) is 7.24. The van der Waals surface area contributed by atoms with E-state index in [1.807, 2.05) is 13.0 Å². The molecule has 1 amide bonds. The number of ether oxygens (including phenoxy) is 1. The second kappa shape index (κ2) is 6.16. The summed E-state index contributed by atoms with van der Waals surface area (Å²) in [6, 6.07) is 8.89. The van der Waals surface area contributed by atoms with E-state index in [0.717, 1.165) is 0 Å². The predicted molar refractivity (Wildman–Crippen MR) is 56.3 cm³/mol. The molecule has 1 atom stereocenters. The predicted octanol–water partition coefficient (Wildman–Crippen LogP) is 1.38. The van der Waals surface area contributed by atoms with E-state index in [0.29, 0.717) is 12.2 Å². The van der Waals surface area contributed by atoms with Gasteiger partial charge in [0.1, 0.15) is 6.10 Å². The zero-order valence-corrected chi connectivity index (χ0v) is 8.90. The van der Waals surface area contributed by atoms with Gasteiger partial charge in [0.2, 0.25) is 0 Å². The van der Waals surface area contributed by atoms with Crippen LogP contribution in [0.5, 0.6) is 0 Å². The molecule has 1 unspecified atom stereocenters. The highest BCUT2D eigenvalue weighted by atomic mass is 16.7. The summed E-state index contributed by atoms with van der Waals surface area (Å²) in [7, 11) is 1.58. The number of carbonyl (C=O) groups is 1. The maximum Gasteiger partial charge on any atom is 0.274 e. The molecule has 1 N–H and O–H groups in total. The first-order valence-electron chi connectivity index (χ1n) is 4.74. The van der Waals surface area contributed by atoms with Gasteiger partial charge < -0.3 is 4.74 Å². The van der Waals surface area contributed by atoms with Gasteiger partial charge in [0, 0.05) is 12.7 Å². The van der Waals surface area contributed by atoms with Gasteiger partial charge in [-0.3, -0.25) is 9.63 Å². The SMILES string of the molecule is COCC(C)ONC(=O)c1ccccc1. The number of rotatable bonds is 5. The molecule has 0 aliphatic heterocycles. The maximum atomic E-state index is 11.5. The van der Waals surface area contributed by atoms with Crippen molar-refractivity contribution in [2.24, 2.45) is 0 Å². The molecule has 82 valence electrons. The number of hydrogen-bond donors (Lipinski definition) is 1. The van der Waals surface area contributed by atoms with Crippen LogP contribution in [0.2, 0.25) is 0 Å². The lowest BCUT2D eigenvalue weighted by atomic mass is 10.2. The molecule has 0 aliphatic rings. The lowest BCUT2D eigenvalue weighted by Gasteiger charge is -2.11. The van der Waals surface area contributed by atoms with Gasteiger partial charge in [-0.15, -0.1) is 0 Å². The van der Waals surface area contributed by atoms with Crippen molar-refractivity contribution in [3.63, 3.8) is 0 Å². The van der Waals surface area contributed by atoms with Crippen LogP contribution in [-0.4, -0.2) is 25.7 Å². The Bertz CT molecular complexity index is 300. The van der Waals surface area contributed by atoms with E-state index in [-0.39, 0.29) is 12.0 Å². The maximum absolute atomic E-state index is 11.5. The average Bonchev–Trinajstić information content (AvgIpc) is 2.27. The monoisotopic (exact) mass is 209 g/mol. The average molecular weight is 209 g/mol. The molecule has 0 fully saturated rings. The highest BCUT2D eigenvalue weighted by Crippen LogP contribution is 1.98. The number of benzene rings is 1. The van der Waals surface area contributed by atoms with E-state index in [1.54, 1.807) is 31.4 Å². The second-order valence-electron chi connectivity index (χ2n) is 3.18. The Morgan fingerprint density at radius 2 is 2.07 bits per heavy atom. The van der Waals surface area contributed by atoms with Crippen molar-refractivity contribution in [3.8, 4) is 0 Å². The van der Waals surface area contributed by atoms with Gasteiger partial charge in [-0.05, 0) is 19.1 Å². The van der Waals surface area contributed by atoms with Crippen molar-refractivity contribution in [2.75, 3.05) is 13.7 Å². The molecule has 0 aromatic heterocycles. The molecule has 0 heterocycles. The third kappa shape index (κ3) is 4.10. The van der Waals surface area contributed by atoms with Crippen LogP contribution < -0.4 is 5.48 Å². The lowest BCUT2D eigenvalue weighted by Crippen LogP contribution is -2.30. The van der Waals surface area contributed by atoms with Gasteiger partial charge in [-0.1, -0.05) is 18.2 Å². The molecule has 1 rings (SSSR count). The van der Waals surface area contributed by atoms with Crippen LogP contribution in [0.1, 0.15) is 17.3 Å². The molecule has 4 nitrogen and oxygen atoms in total. The first-order valence-corrected chi connectivity index (χ1v) is 4.74. The Hall–Kier alpha value is -1.39. The van der Waals surface area contributed by atoms with Gasteiger partial charge in [0.25, 0.3) is 5.91 Å². The molecule has 1 aromatic rings. The third-order valence-corrected chi connectivity index (χ3v) is 1.79. The fraction of sp³-hybridized carbons (Fsp3) is 0.364. The number of amides is 1. The number of hydrogen-bond acceptors (Lipinski definition) is 3. The molecule has 0 saturated carbocycles. The largest absolute Gasteiger partial charge is 0.382 e. The molecule has 0 bridgehead atoms. The summed E-state index contributed by atoms with van der Waals surface area (Å²) >= 11 is 0. The minimum Gasteiger partial charge on any atom is -0.382 e. The minimum absolute atomic E-state index is 0.164. The summed E-state index contributed by atoms with van der Waals surface area (Å²) in [5, 5.41) is 0. The van der Waals surface area contributed by atoms with Crippen molar-refractivity contribution in [3.05, 3.63) is 35.9 Å². The molecule has 1 aromatic carbocycles. The van der Waals surface area contributed by atoms with Gasteiger partial charge in [0.15, 0.2) is 0 Å². The van der Waals surface area contributed by atoms with Crippen molar-refractivity contribution in [1.82, 2.24) is 5.48 Å². The summed E-state index contributed by atoms with van der Waals surface area (Å²) in [6.45, 7) is 2.25.